The van der Waals surface area contributed by atoms with Crippen LogP contribution in [0.1, 0.15) is 30.1 Å². The summed E-state index contributed by atoms with van der Waals surface area (Å²) in [5.41, 5.74) is 3.70. The summed E-state index contributed by atoms with van der Waals surface area (Å²) in [5, 5.41) is 8.08. The molecule has 1 aromatic carbocycles. The van der Waals surface area contributed by atoms with Gasteiger partial charge in [-0.05, 0) is 72.0 Å². The Morgan fingerprint density at radius 3 is 2.72 bits per heavy atom. The molecule has 2 aromatic rings. The minimum absolute atomic E-state index is 0.0618. The Balaban J connectivity index is 1.50. The molecular weight excluding hydrogens is 585 g/mol. The second-order valence-electron chi connectivity index (χ2n) is 7.66. The highest BCUT2D eigenvalue weighted by Crippen LogP contribution is 2.36. The largest absolute Gasteiger partial charge is 0.349 e. The molecule has 2 amide bonds. The monoisotopic (exact) mass is 601 g/mol. The first kappa shape index (κ1) is 23.5. The van der Waals surface area contributed by atoms with Crippen molar-refractivity contribution >= 4 is 78.4 Å². The molecule has 32 heavy (non-hydrogen) atoms. The van der Waals surface area contributed by atoms with Gasteiger partial charge in [-0.3, -0.25) is 14.6 Å². The van der Waals surface area contributed by atoms with Gasteiger partial charge in [0, 0.05) is 18.4 Å². The van der Waals surface area contributed by atoms with Gasteiger partial charge in [0.1, 0.15) is 0 Å². The predicted octanol–water partition coefficient (Wildman–Crippen LogP) is 5.25. The number of alkyl halides is 1. The number of carbonyl (C=O) groups is 2. The van der Waals surface area contributed by atoms with E-state index in [0.717, 1.165) is 12.8 Å². The average Bonchev–Trinajstić information content (AvgIpc) is 3.53. The van der Waals surface area contributed by atoms with Gasteiger partial charge in [0.25, 0.3) is 11.8 Å². The maximum Gasteiger partial charge on any atom is 0.261 e. The lowest BCUT2D eigenvalue weighted by Gasteiger charge is -2.25. The lowest BCUT2D eigenvalue weighted by Crippen LogP contribution is -2.50. The molecule has 1 aliphatic carbocycles. The fourth-order valence-corrected chi connectivity index (χ4v) is 4.90. The van der Waals surface area contributed by atoms with Crippen LogP contribution in [0.25, 0.3) is 0 Å². The van der Waals surface area contributed by atoms with Gasteiger partial charge in [-0.25, -0.2) is 4.98 Å². The summed E-state index contributed by atoms with van der Waals surface area (Å²) < 4.78 is -0.850. The molecule has 4 rings (SSSR count). The van der Waals surface area contributed by atoms with Crippen molar-refractivity contribution in [3.05, 3.63) is 62.8 Å². The molecular formula is C21H19Br2Cl2N5O2. The van der Waals surface area contributed by atoms with Crippen LogP contribution in [-0.4, -0.2) is 27.3 Å². The van der Waals surface area contributed by atoms with Crippen molar-refractivity contribution in [1.29, 1.82) is 0 Å². The number of nitrogens with zero attached hydrogens (tertiary/aromatic N) is 2. The first-order valence-electron chi connectivity index (χ1n) is 9.86. The maximum atomic E-state index is 13.1. The van der Waals surface area contributed by atoms with Gasteiger partial charge in [-0.15, -0.1) is 0 Å². The SMILES string of the molecule is CC(NC(=O)c1c(Cl)ccc(NC(=O)C2(Br)C=CN(c3ncccc3Cl)N2)c1Br)C1CC1. The molecule has 11 heteroatoms. The van der Waals surface area contributed by atoms with Gasteiger partial charge in [0.15, 0.2) is 10.3 Å². The lowest BCUT2D eigenvalue weighted by molar-refractivity contribution is -0.117. The van der Waals surface area contributed by atoms with Crippen LogP contribution in [0, 0.1) is 5.92 Å². The Kier molecular flexibility index (Phi) is 6.84. The number of nitrogens with one attached hydrogen (secondary N) is 3. The van der Waals surface area contributed by atoms with Crippen molar-refractivity contribution in [2.75, 3.05) is 10.3 Å². The zero-order chi connectivity index (χ0) is 23.0. The third-order valence-electron chi connectivity index (χ3n) is 5.29. The molecule has 0 saturated heterocycles. The van der Waals surface area contributed by atoms with Crippen molar-refractivity contribution in [3.8, 4) is 0 Å². The lowest BCUT2D eigenvalue weighted by atomic mass is 10.1. The molecule has 1 aromatic heterocycles. The molecule has 2 atom stereocenters. The topological polar surface area (TPSA) is 86.4 Å². The first-order chi connectivity index (χ1) is 15.2. The van der Waals surface area contributed by atoms with Crippen molar-refractivity contribution in [2.45, 2.75) is 30.3 Å². The fourth-order valence-electron chi connectivity index (χ4n) is 3.30. The summed E-state index contributed by atoms with van der Waals surface area (Å²) >= 11 is 19.4. The number of hydrazine groups is 1. The van der Waals surface area contributed by atoms with Crippen LogP contribution in [0.4, 0.5) is 11.5 Å². The summed E-state index contributed by atoms with van der Waals surface area (Å²) in [4.78, 5) is 30.1. The van der Waals surface area contributed by atoms with E-state index in [0.29, 0.717) is 31.9 Å². The Hall–Kier alpha value is -1.65. The van der Waals surface area contributed by atoms with Crippen LogP contribution in [-0.2, 0) is 4.79 Å². The molecule has 2 aliphatic rings. The summed E-state index contributed by atoms with van der Waals surface area (Å²) in [6, 6.07) is 6.70. The highest BCUT2D eigenvalue weighted by atomic mass is 79.9. The minimum atomic E-state index is -1.25. The molecule has 3 N–H and O–H groups in total. The van der Waals surface area contributed by atoms with E-state index < -0.39 is 10.4 Å². The number of carbonyl (C=O) groups excluding carboxylic acids is 2. The summed E-state index contributed by atoms with van der Waals surface area (Å²) in [5.74, 6) is 0.254. The zero-order valence-corrected chi connectivity index (χ0v) is 21.5. The third-order valence-corrected chi connectivity index (χ3v) is 7.52. The predicted molar refractivity (Wildman–Crippen MR) is 133 cm³/mol. The summed E-state index contributed by atoms with van der Waals surface area (Å²) in [6.45, 7) is 1.98. The second-order valence-corrected chi connectivity index (χ2v) is 10.5. The number of amides is 2. The van der Waals surface area contributed by atoms with Gasteiger partial charge >= 0.3 is 0 Å². The Bertz CT molecular complexity index is 1110. The number of halogens is 4. The van der Waals surface area contributed by atoms with E-state index in [9.17, 15) is 9.59 Å². The Morgan fingerprint density at radius 1 is 1.28 bits per heavy atom. The average molecular weight is 604 g/mol. The van der Waals surface area contributed by atoms with E-state index in [2.05, 4.69) is 52.9 Å². The third kappa shape index (κ3) is 4.82. The molecule has 1 saturated carbocycles. The smallest absolute Gasteiger partial charge is 0.261 e. The van der Waals surface area contributed by atoms with Gasteiger partial charge in [-0.2, -0.15) is 5.43 Å². The number of pyridine rings is 1. The molecule has 7 nitrogen and oxygen atoms in total. The van der Waals surface area contributed by atoms with E-state index in [1.165, 1.54) is 0 Å². The Labute approximate surface area is 212 Å². The van der Waals surface area contributed by atoms with E-state index in [1.807, 2.05) is 6.92 Å². The molecule has 0 spiro atoms. The standard InChI is InChI=1S/C21H19Br2Cl2N5O2/c1-11(12-4-5-12)27-19(31)16-13(24)6-7-15(17(16)22)28-20(32)21(23)8-10-30(29-21)18-14(25)3-2-9-26-18/h2-3,6-12,29H,4-5H2,1H3,(H,27,31)(H,28,32). The van der Waals surface area contributed by atoms with E-state index in [1.54, 1.807) is 47.7 Å². The molecule has 0 bridgehead atoms. The van der Waals surface area contributed by atoms with Crippen LogP contribution in [0.5, 0.6) is 0 Å². The number of anilines is 2. The maximum absolute atomic E-state index is 13.1. The van der Waals surface area contributed by atoms with E-state index in [4.69, 9.17) is 23.2 Å². The fraction of sp³-hybridized carbons (Fsp3) is 0.286. The van der Waals surface area contributed by atoms with Crippen molar-refractivity contribution in [1.82, 2.24) is 15.7 Å². The molecule has 0 radical (unpaired) electrons. The number of hydrogen-bond acceptors (Lipinski definition) is 5. The molecule has 1 aliphatic heterocycles. The van der Waals surface area contributed by atoms with E-state index >= 15 is 0 Å². The first-order valence-corrected chi connectivity index (χ1v) is 12.2. The van der Waals surface area contributed by atoms with Gasteiger partial charge in [0.2, 0.25) is 0 Å². The van der Waals surface area contributed by atoms with Gasteiger partial charge in [-0.1, -0.05) is 39.1 Å². The minimum Gasteiger partial charge on any atom is -0.349 e. The number of benzene rings is 1. The van der Waals surface area contributed by atoms with Crippen molar-refractivity contribution < 1.29 is 9.59 Å². The number of rotatable bonds is 6. The second kappa shape index (κ2) is 9.30. The number of hydrogen-bond donors (Lipinski definition) is 3. The molecule has 168 valence electrons. The van der Waals surface area contributed by atoms with Crippen LogP contribution in [0.2, 0.25) is 10.0 Å². The quantitative estimate of drug-likeness (QED) is 0.310. The summed E-state index contributed by atoms with van der Waals surface area (Å²) in [7, 11) is 0. The van der Waals surface area contributed by atoms with Crippen LogP contribution >= 0.6 is 55.1 Å². The normalized spacial score (nSPS) is 20.8. The number of aromatic nitrogens is 1. The molecule has 2 heterocycles. The molecule has 1 fully saturated rings. The highest BCUT2D eigenvalue weighted by molar-refractivity contribution is 9.10. The Morgan fingerprint density at radius 2 is 2.03 bits per heavy atom. The van der Waals surface area contributed by atoms with Crippen molar-refractivity contribution in [2.24, 2.45) is 5.92 Å². The molecule has 2 unspecified atom stereocenters. The van der Waals surface area contributed by atoms with Crippen LogP contribution < -0.4 is 21.1 Å². The van der Waals surface area contributed by atoms with Crippen LogP contribution in [0.15, 0.2) is 47.2 Å². The van der Waals surface area contributed by atoms with Gasteiger partial charge in [0.05, 0.1) is 25.8 Å². The van der Waals surface area contributed by atoms with Crippen molar-refractivity contribution in [3.63, 3.8) is 0 Å². The summed E-state index contributed by atoms with van der Waals surface area (Å²) in [6.07, 6.45) is 7.11. The van der Waals surface area contributed by atoms with Crippen LogP contribution in [0.3, 0.4) is 0 Å². The highest BCUT2D eigenvalue weighted by Gasteiger charge is 2.40. The van der Waals surface area contributed by atoms with Gasteiger partial charge < -0.3 is 10.6 Å². The zero-order valence-electron chi connectivity index (χ0n) is 16.8. The van der Waals surface area contributed by atoms with E-state index in [-0.39, 0.29) is 17.5 Å².